The van der Waals surface area contributed by atoms with Gasteiger partial charge in [0.05, 0.1) is 6.54 Å². The van der Waals surface area contributed by atoms with Crippen LogP contribution in [0.1, 0.15) is 43.4 Å². The van der Waals surface area contributed by atoms with E-state index in [0.717, 1.165) is 62.2 Å². The fraction of sp³-hybridized carbons (Fsp3) is 0.737. The molecule has 0 spiro atoms. The van der Waals surface area contributed by atoms with Crippen LogP contribution < -0.4 is 10.6 Å². The van der Waals surface area contributed by atoms with Gasteiger partial charge >= 0.3 is 0 Å². The predicted octanol–water partition coefficient (Wildman–Crippen LogP) is 2.40. The van der Waals surface area contributed by atoms with Gasteiger partial charge in [0.2, 0.25) is 0 Å². The van der Waals surface area contributed by atoms with Gasteiger partial charge in [0, 0.05) is 44.8 Å². The normalized spacial score (nSPS) is 19.0. The number of rotatable bonds is 10. The molecule has 1 aromatic rings. The van der Waals surface area contributed by atoms with E-state index in [1.54, 1.807) is 17.4 Å². The van der Waals surface area contributed by atoms with Crippen LogP contribution in [0.15, 0.2) is 21.3 Å². The molecule has 7 nitrogen and oxygen atoms in total. The Bertz CT molecular complexity index is 738. The average molecular weight is 429 g/mol. The number of ether oxygens (including phenoxy) is 1. The summed E-state index contributed by atoms with van der Waals surface area (Å²) in [6, 6.07) is 3.60. The minimum atomic E-state index is -3.35. The van der Waals surface area contributed by atoms with Gasteiger partial charge in [0.1, 0.15) is 4.21 Å². The van der Waals surface area contributed by atoms with E-state index in [4.69, 9.17) is 4.74 Å². The van der Waals surface area contributed by atoms with Gasteiger partial charge in [0.25, 0.3) is 10.0 Å². The fourth-order valence-electron chi connectivity index (χ4n) is 3.13. The van der Waals surface area contributed by atoms with Crippen LogP contribution in [0.4, 0.5) is 0 Å². The van der Waals surface area contributed by atoms with Gasteiger partial charge in [0.15, 0.2) is 5.96 Å². The highest BCUT2D eigenvalue weighted by Crippen LogP contribution is 2.29. The first kappa shape index (κ1) is 21.5. The van der Waals surface area contributed by atoms with Crippen molar-refractivity contribution in [1.82, 2.24) is 14.9 Å². The van der Waals surface area contributed by atoms with E-state index in [0.29, 0.717) is 23.8 Å². The Labute approximate surface area is 172 Å². The van der Waals surface area contributed by atoms with Crippen molar-refractivity contribution in [2.75, 3.05) is 39.9 Å². The van der Waals surface area contributed by atoms with Crippen LogP contribution >= 0.6 is 11.3 Å². The predicted molar refractivity (Wildman–Crippen MR) is 113 cm³/mol. The highest BCUT2D eigenvalue weighted by atomic mass is 32.2. The summed E-state index contributed by atoms with van der Waals surface area (Å²) < 4.78 is 33.1. The molecule has 3 rings (SSSR count). The second kappa shape index (κ2) is 10.6. The molecular weight excluding hydrogens is 396 g/mol. The summed E-state index contributed by atoms with van der Waals surface area (Å²) in [4.78, 5) is 5.20. The van der Waals surface area contributed by atoms with Crippen LogP contribution in [-0.2, 0) is 21.3 Å². The van der Waals surface area contributed by atoms with Crippen molar-refractivity contribution >= 4 is 27.3 Å². The van der Waals surface area contributed by atoms with Crippen molar-refractivity contribution in [3.8, 4) is 0 Å². The Hall–Kier alpha value is -1.16. The lowest BCUT2D eigenvalue weighted by atomic mass is 10.2. The number of sulfonamides is 1. The summed E-state index contributed by atoms with van der Waals surface area (Å²) in [6.45, 7) is 4.28. The number of thiophene rings is 1. The van der Waals surface area contributed by atoms with Crippen molar-refractivity contribution in [3.63, 3.8) is 0 Å². The molecule has 0 amide bonds. The topological polar surface area (TPSA) is 83.0 Å². The molecule has 0 radical (unpaired) electrons. The first-order valence-electron chi connectivity index (χ1n) is 10.2. The standard InChI is InChI=1S/C19H32N4O3S2/c1-20-19(21-10-5-13-26-15-16-6-7-16)22-14-17-8-9-18(27-17)28(24,25)23-11-3-2-4-12-23/h8-9,16H,2-7,10-15H2,1H3,(H2,20,21,22). The number of piperidine rings is 1. The van der Waals surface area contributed by atoms with E-state index in [9.17, 15) is 8.42 Å². The molecule has 0 aromatic carbocycles. The number of hydrogen-bond donors (Lipinski definition) is 2. The molecule has 1 aliphatic carbocycles. The van der Waals surface area contributed by atoms with Gasteiger partial charge in [-0.25, -0.2) is 8.42 Å². The third-order valence-corrected chi connectivity index (χ3v) is 8.46. The number of nitrogens with zero attached hydrogens (tertiary/aromatic N) is 2. The fourth-order valence-corrected chi connectivity index (χ4v) is 6.10. The van der Waals surface area contributed by atoms with Crippen molar-refractivity contribution in [3.05, 3.63) is 17.0 Å². The van der Waals surface area contributed by atoms with Gasteiger partial charge in [-0.3, -0.25) is 4.99 Å². The van der Waals surface area contributed by atoms with Crippen molar-refractivity contribution in [1.29, 1.82) is 0 Å². The Morgan fingerprint density at radius 3 is 2.75 bits per heavy atom. The molecule has 0 bridgehead atoms. The average Bonchev–Trinajstić information content (AvgIpc) is 3.41. The van der Waals surface area contributed by atoms with Crippen LogP contribution in [0.3, 0.4) is 0 Å². The van der Waals surface area contributed by atoms with Crippen LogP contribution in [-0.4, -0.2) is 58.6 Å². The number of hydrogen-bond acceptors (Lipinski definition) is 5. The van der Waals surface area contributed by atoms with E-state index < -0.39 is 10.0 Å². The summed E-state index contributed by atoms with van der Waals surface area (Å²) in [7, 11) is -1.61. The lowest BCUT2D eigenvalue weighted by Gasteiger charge is -2.25. The Balaban J connectivity index is 1.39. The number of guanidine groups is 1. The quantitative estimate of drug-likeness (QED) is 0.340. The minimum Gasteiger partial charge on any atom is -0.381 e. The molecule has 1 aromatic heterocycles. The zero-order valence-corrected chi connectivity index (χ0v) is 18.3. The summed E-state index contributed by atoms with van der Waals surface area (Å²) in [6.07, 6.45) is 6.59. The first-order valence-corrected chi connectivity index (χ1v) is 12.5. The molecule has 1 saturated carbocycles. The number of aliphatic imine (C=N–C) groups is 1. The highest BCUT2D eigenvalue weighted by Gasteiger charge is 2.27. The lowest BCUT2D eigenvalue weighted by Crippen LogP contribution is -2.37. The molecular formula is C19H32N4O3S2. The molecule has 2 heterocycles. The molecule has 28 heavy (non-hydrogen) atoms. The summed E-state index contributed by atoms with van der Waals surface area (Å²) in [5.41, 5.74) is 0. The van der Waals surface area contributed by atoms with E-state index in [1.165, 1.54) is 24.2 Å². The van der Waals surface area contributed by atoms with Crippen LogP contribution in [0.25, 0.3) is 0 Å². The van der Waals surface area contributed by atoms with E-state index in [1.807, 2.05) is 6.07 Å². The van der Waals surface area contributed by atoms with Gasteiger partial charge < -0.3 is 15.4 Å². The highest BCUT2D eigenvalue weighted by molar-refractivity contribution is 7.91. The smallest absolute Gasteiger partial charge is 0.252 e. The monoisotopic (exact) mass is 428 g/mol. The van der Waals surface area contributed by atoms with E-state index >= 15 is 0 Å². The van der Waals surface area contributed by atoms with Crippen molar-refractivity contribution < 1.29 is 13.2 Å². The SMILES string of the molecule is CN=C(NCCCOCC1CC1)NCc1ccc(S(=O)(=O)N2CCCCC2)s1. The zero-order chi connectivity index (χ0) is 19.8. The summed E-state index contributed by atoms with van der Waals surface area (Å²) >= 11 is 1.33. The largest absolute Gasteiger partial charge is 0.381 e. The molecule has 0 unspecified atom stereocenters. The second-order valence-electron chi connectivity index (χ2n) is 7.41. The minimum absolute atomic E-state index is 0.432. The zero-order valence-electron chi connectivity index (χ0n) is 16.7. The Kier molecular flexibility index (Phi) is 8.13. The second-order valence-corrected chi connectivity index (χ2v) is 10.7. The van der Waals surface area contributed by atoms with Gasteiger partial charge in [-0.2, -0.15) is 4.31 Å². The maximum Gasteiger partial charge on any atom is 0.252 e. The summed E-state index contributed by atoms with van der Waals surface area (Å²) in [5, 5.41) is 6.52. The lowest BCUT2D eigenvalue weighted by molar-refractivity contribution is 0.123. The van der Waals surface area contributed by atoms with Crippen LogP contribution in [0, 0.1) is 5.92 Å². The van der Waals surface area contributed by atoms with E-state index in [-0.39, 0.29) is 0 Å². The molecule has 2 fully saturated rings. The molecule has 0 atom stereocenters. The van der Waals surface area contributed by atoms with Crippen LogP contribution in [0.2, 0.25) is 0 Å². The first-order chi connectivity index (χ1) is 13.6. The van der Waals surface area contributed by atoms with E-state index in [2.05, 4.69) is 15.6 Å². The van der Waals surface area contributed by atoms with Crippen molar-refractivity contribution in [2.45, 2.75) is 49.3 Å². The van der Waals surface area contributed by atoms with Crippen LogP contribution in [0.5, 0.6) is 0 Å². The number of nitrogens with one attached hydrogen (secondary N) is 2. The third kappa shape index (κ3) is 6.43. The molecule has 9 heteroatoms. The van der Waals surface area contributed by atoms with Gasteiger partial charge in [-0.05, 0) is 50.2 Å². The van der Waals surface area contributed by atoms with Gasteiger partial charge in [-0.15, -0.1) is 11.3 Å². The Morgan fingerprint density at radius 2 is 2.04 bits per heavy atom. The summed E-state index contributed by atoms with van der Waals surface area (Å²) in [5.74, 6) is 1.52. The van der Waals surface area contributed by atoms with Crippen molar-refractivity contribution in [2.24, 2.45) is 10.9 Å². The molecule has 1 saturated heterocycles. The maximum atomic E-state index is 12.7. The third-order valence-electron chi connectivity index (χ3n) is 5.01. The van der Waals surface area contributed by atoms with Gasteiger partial charge in [-0.1, -0.05) is 6.42 Å². The molecule has 2 aliphatic rings. The molecule has 2 N–H and O–H groups in total. The molecule has 158 valence electrons. The maximum absolute atomic E-state index is 12.7. The molecule has 1 aliphatic heterocycles. The Morgan fingerprint density at radius 1 is 1.25 bits per heavy atom.